The molecule has 0 bridgehead atoms. The lowest BCUT2D eigenvalue weighted by Gasteiger charge is -2.18. The van der Waals surface area contributed by atoms with Gasteiger partial charge in [-0.1, -0.05) is 12.1 Å². The SMILES string of the molecule is Cc1cc(Oc2ncccn2)ccc1NC(=O)C1CC(=O)N(Cc2cccc(C(F)(F)F)c2)C1. The fraction of sp³-hybridized carbons (Fsp3) is 0.250. The highest BCUT2D eigenvalue weighted by Gasteiger charge is 2.35. The van der Waals surface area contributed by atoms with Crippen LogP contribution in [0.15, 0.2) is 60.9 Å². The van der Waals surface area contributed by atoms with E-state index in [1.54, 1.807) is 43.6 Å². The maximum Gasteiger partial charge on any atom is 0.416 e. The van der Waals surface area contributed by atoms with Crippen LogP contribution < -0.4 is 10.1 Å². The summed E-state index contributed by atoms with van der Waals surface area (Å²) in [5, 5.41) is 2.82. The summed E-state index contributed by atoms with van der Waals surface area (Å²) < 4.78 is 44.4. The van der Waals surface area contributed by atoms with Gasteiger partial charge in [-0.25, -0.2) is 9.97 Å². The number of rotatable bonds is 6. The largest absolute Gasteiger partial charge is 0.424 e. The Labute approximate surface area is 193 Å². The van der Waals surface area contributed by atoms with E-state index in [0.717, 1.165) is 17.7 Å². The molecule has 2 heterocycles. The third kappa shape index (κ3) is 5.51. The smallest absolute Gasteiger partial charge is 0.416 e. The molecule has 1 unspecified atom stereocenters. The molecule has 1 atom stereocenters. The molecule has 34 heavy (non-hydrogen) atoms. The van der Waals surface area contributed by atoms with Crippen LogP contribution >= 0.6 is 0 Å². The molecule has 3 aromatic rings. The third-order valence-electron chi connectivity index (χ3n) is 5.42. The Kier molecular flexibility index (Phi) is 6.49. The average Bonchev–Trinajstić information content (AvgIpc) is 3.16. The van der Waals surface area contributed by atoms with Gasteiger partial charge >= 0.3 is 12.2 Å². The molecule has 0 saturated carbocycles. The third-order valence-corrected chi connectivity index (χ3v) is 5.42. The molecule has 10 heteroatoms. The first kappa shape index (κ1) is 23.2. The van der Waals surface area contributed by atoms with E-state index in [0.29, 0.717) is 17.0 Å². The number of aromatic nitrogens is 2. The first-order valence-corrected chi connectivity index (χ1v) is 10.5. The van der Waals surface area contributed by atoms with Crippen molar-refractivity contribution in [2.45, 2.75) is 26.1 Å². The van der Waals surface area contributed by atoms with E-state index in [4.69, 9.17) is 4.74 Å². The molecular weight excluding hydrogens is 449 g/mol. The Morgan fingerprint density at radius 3 is 2.62 bits per heavy atom. The van der Waals surface area contributed by atoms with E-state index in [-0.39, 0.29) is 37.3 Å². The maximum absolute atomic E-state index is 13.0. The number of halogens is 3. The van der Waals surface area contributed by atoms with Gasteiger partial charge in [-0.3, -0.25) is 9.59 Å². The average molecular weight is 470 g/mol. The van der Waals surface area contributed by atoms with Gasteiger partial charge in [0.15, 0.2) is 0 Å². The molecule has 1 aliphatic heterocycles. The van der Waals surface area contributed by atoms with Gasteiger partial charge in [0.1, 0.15) is 5.75 Å². The minimum absolute atomic E-state index is 0.00359. The van der Waals surface area contributed by atoms with Crippen LogP contribution in [0, 0.1) is 12.8 Å². The fourth-order valence-electron chi connectivity index (χ4n) is 3.69. The number of anilines is 1. The number of carbonyl (C=O) groups excluding carboxylic acids is 2. The zero-order chi connectivity index (χ0) is 24.3. The second-order valence-corrected chi connectivity index (χ2v) is 7.97. The quantitative estimate of drug-likeness (QED) is 0.570. The number of aryl methyl sites for hydroxylation is 1. The molecule has 0 spiro atoms. The summed E-state index contributed by atoms with van der Waals surface area (Å²) >= 11 is 0. The summed E-state index contributed by atoms with van der Waals surface area (Å²) in [6, 6.07) is 11.8. The minimum Gasteiger partial charge on any atom is -0.424 e. The number of ether oxygens (including phenoxy) is 1. The van der Waals surface area contributed by atoms with Crippen LogP contribution in [0.5, 0.6) is 11.8 Å². The van der Waals surface area contributed by atoms with Gasteiger partial charge in [0, 0.05) is 37.6 Å². The Morgan fingerprint density at radius 2 is 1.91 bits per heavy atom. The predicted octanol–water partition coefficient (Wildman–Crippen LogP) is 4.58. The number of likely N-dealkylation sites (tertiary alicyclic amines) is 1. The molecular formula is C24H21F3N4O3. The van der Waals surface area contributed by atoms with Crippen LogP contribution in [-0.2, 0) is 22.3 Å². The number of hydrogen-bond acceptors (Lipinski definition) is 5. The topological polar surface area (TPSA) is 84.4 Å². The zero-order valence-corrected chi connectivity index (χ0v) is 18.2. The summed E-state index contributed by atoms with van der Waals surface area (Å²) in [6.45, 7) is 1.94. The van der Waals surface area contributed by atoms with Crippen molar-refractivity contribution in [1.82, 2.24) is 14.9 Å². The van der Waals surface area contributed by atoms with Crippen molar-refractivity contribution >= 4 is 17.5 Å². The number of nitrogens with zero attached hydrogens (tertiary/aromatic N) is 3. The van der Waals surface area contributed by atoms with Gasteiger partial charge in [0.05, 0.1) is 11.5 Å². The van der Waals surface area contributed by atoms with Gasteiger partial charge in [0.2, 0.25) is 11.8 Å². The van der Waals surface area contributed by atoms with Crippen molar-refractivity contribution in [3.63, 3.8) is 0 Å². The van der Waals surface area contributed by atoms with Gasteiger partial charge in [-0.05, 0) is 54.4 Å². The molecule has 4 rings (SSSR count). The summed E-state index contributed by atoms with van der Waals surface area (Å²) in [4.78, 5) is 34.6. The second kappa shape index (κ2) is 9.50. The Morgan fingerprint density at radius 1 is 1.15 bits per heavy atom. The standard InChI is InChI=1S/C24H21F3N4O3/c1-15-10-19(34-23-28-8-3-9-29-23)6-7-20(15)30-22(33)17-12-21(32)31(14-17)13-16-4-2-5-18(11-16)24(25,26)27/h2-11,17H,12-14H2,1H3,(H,30,33). The fourth-order valence-corrected chi connectivity index (χ4v) is 3.69. The van der Waals surface area contributed by atoms with Crippen molar-refractivity contribution in [3.8, 4) is 11.8 Å². The van der Waals surface area contributed by atoms with Crippen LogP contribution in [0.1, 0.15) is 23.1 Å². The van der Waals surface area contributed by atoms with Crippen LogP contribution in [0.25, 0.3) is 0 Å². The maximum atomic E-state index is 13.0. The van der Waals surface area contributed by atoms with Crippen LogP contribution in [0.2, 0.25) is 0 Å². The monoisotopic (exact) mass is 470 g/mol. The highest BCUT2D eigenvalue weighted by Crippen LogP contribution is 2.31. The van der Waals surface area contributed by atoms with Crippen LogP contribution in [0.4, 0.5) is 18.9 Å². The van der Waals surface area contributed by atoms with Crippen molar-refractivity contribution in [2.75, 3.05) is 11.9 Å². The summed E-state index contributed by atoms with van der Waals surface area (Å²) in [5.41, 5.74) is 0.896. The van der Waals surface area contributed by atoms with Gasteiger partial charge in [0.25, 0.3) is 0 Å². The number of carbonyl (C=O) groups is 2. The van der Waals surface area contributed by atoms with E-state index in [2.05, 4.69) is 15.3 Å². The summed E-state index contributed by atoms with van der Waals surface area (Å²) in [6.07, 6.45) is -1.34. The van der Waals surface area contributed by atoms with Gasteiger partial charge in [-0.2, -0.15) is 13.2 Å². The van der Waals surface area contributed by atoms with Crippen LogP contribution in [0.3, 0.4) is 0 Å². The summed E-state index contributed by atoms with van der Waals surface area (Å²) in [5.74, 6) is -0.708. The predicted molar refractivity (Wildman–Crippen MR) is 117 cm³/mol. The van der Waals surface area contributed by atoms with Crippen molar-refractivity contribution in [2.24, 2.45) is 5.92 Å². The number of nitrogens with one attached hydrogen (secondary N) is 1. The van der Waals surface area contributed by atoms with Gasteiger partial charge in [-0.15, -0.1) is 0 Å². The first-order valence-electron chi connectivity index (χ1n) is 10.5. The molecule has 1 saturated heterocycles. The Bertz CT molecular complexity index is 1200. The van der Waals surface area contributed by atoms with Crippen molar-refractivity contribution in [1.29, 1.82) is 0 Å². The molecule has 1 aromatic heterocycles. The molecule has 7 nitrogen and oxygen atoms in total. The second-order valence-electron chi connectivity index (χ2n) is 7.97. The lowest BCUT2D eigenvalue weighted by Crippen LogP contribution is -2.28. The lowest BCUT2D eigenvalue weighted by molar-refractivity contribution is -0.137. The Balaban J connectivity index is 1.37. The molecule has 176 valence electrons. The number of amides is 2. The van der Waals surface area contributed by atoms with E-state index in [9.17, 15) is 22.8 Å². The molecule has 0 radical (unpaired) electrons. The van der Waals surface area contributed by atoms with Gasteiger partial charge < -0.3 is 15.0 Å². The Hall–Kier alpha value is -3.95. The highest BCUT2D eigenvalue weighted by molar-refractivity contribution is 5.97. The first-order chi connectivity index (χ1) is 16.2. The molecule has 1 fully saturated rings. The molecule has 0 aliphatic carbocycles. The number of alkyl halides is 3. The number of benzene rings is 2. The summed E-state index contributed by atoms with van der Waals surface area (Å²) in [7, 11) is 0. The molecule has 1 N–H and O–H groups in total. The molecule has 2 amide bonds. The lowest BCUT2D eigenvalue weighted by atomic mass is 10.1. The van der Waals surface area contributed by atoms with E-state index >= 15 is 0 Å². The van der Waals surface area contributed by atoms with E-state index < -0.39 is 17.7 Å². The normalized spacial score (nSPS) is 15.9. The molecule has 1 aliphatic rings. The van der Waals surface area contributed by atoms with Crippen LogP contribution in [-0.4, -0.2) is 33.2 Å². The van der Waals surface area contributed by atoms with Crippen molar-refractivity contribution < 1.29 is 27.5 Å². The molecule has 2 aromatic carbocycles. The minimum atomic E-state index is -4.46. The van der Waals surface area contributed by atoms with Crippen molar-refractivity contribution in [3.05, 3.63) is 77.6 Å². The zero-order valence-electron chi connectivity index (χ0n) is 18.2. The van der Waals surface area contributed by atoms with E-state index in [1.165, 1.54) is 17.0 Å². The highest BCUT2D eigenvalue weighted by atomic mass is 19.4. The number of hydrogen-bond donors (Lipinski definition) is 1. The van der Waals surface area contributed by atoms with E-state index in [1.807, 2.05) is 0 Å².